The van der Waals surface area contributed by atoms with Crippen LogP contribution in [0.3, 0.4) is 0 Å². The summed E-state index contributed by atoms with van der Waals surface area (Å²) in [4.78, 5) is 4.57. The van der Waals surface area contributed by atoms with Gasteiger partial charge in [-0.2, -0.15) is 0 Å². The Morgan fingerprint density at radius 1 is 1.50 bits per heavy atom. The van der Waals surface area contributed by atoms with Crippen LogP contribution in [0.4, 0.5) is 0 Å². The highest BCUT2D eigenvalue weighted by atomic mass is 28.3. The number of aliphatic hydroxyl groups excluding tert-OH is 1. The number of methoxy groups -OCH3 is 1. The largest absolute Gasteiger partial charge is 0.481 e. The van der Waals surface area contributed by atoms with Crippen LogP contribution in [0.2, 0.25) is 19.6 Å². The van der Waals surface area contributed by atoms with E-state index in [1.807, 2.05) is 13.0 Å². The molecule has 2 unspecified atom stereocenters. The van der Waals surface area contributed by atoms with E-state index < -0.39 is 20.0 Å². The van der Waals surface area contributed by atoms with Gasteiger partial charge in [-0.3, -0.25) is 0 Å². The summed E-state index contributed by atoms with van der Waals surface area (Å²) >= 11 is 0. The van der Waals surface area contributed by atoms with Gasteiger partial charge in [0.1, 0.15) is 13.7 Å². The molecule has 1 aliphatic heterocycles. The van der Waals surface area contributed by atoms with Gasteiger partial charge in [-0.05, 0) is 12.5 Å². The van der Waals surface area contributed by atoms with Gasteiger partial charge in [0.25, 0.3) is 0 Å². The van der Waals surface area contributed by atoms with Crippen LogP contribution in [0.5, 0.6) is 5.88 Å². The molecule has 112 valence electrons. The summed E-state index contributed by atoms with van der Waals surface area (Å²) in [5.41, 5.74) is 0.00486. The van der Waals surface area contributed by atoms with Gasteiger partial charge >= 0.3 is 0 Å². The lowest BCUT2D eigenvalue weighted by molar-refractivity contribution is -0.236. The molecule has 2 atom stereocenters. The minimum atomic E-state index is -1.66. The Morgan fingerprint density at radius 2 is 2.15 bits per heavy atom. The number of fused-ring (bicyclic) bond motifs is 1. The van der Waals surface area contributed by atoms with Crippen LogP contribution in [-0.2, 0) is 16.9 Å². The molecule has 0 aromatic carbocycles. The molecular weight excluding hydrogens is 274 g/mol. The smallest absolute Gasteiger partial charge is 0.218 e. The number of aromatic nitrogens is 1. The highest BCUT2D eigenvalue weighted by molar-refractivity contribution is 6.88. The van der Waals surface area contributed by atoms with Gasteiger partial charge in [-0.15, -0.1) is 0 Å². The summed E-state index contributed by atoms with van der Waals surface area (Å²) in [5, 5.41) is 21.7. The molecule has 0 spiro atoms. The van der Waals surface area contributed by atoms with E-state index in [1.54, 1.807) is 7.11 Å². The van der Waals surface area contributed by atoms with Gasteiger partial charge in [-0.25, -0.2) is 4.98 Å². The highest BCUT2D eigenvalue weighted by Gasteiger charge is 2.44. The maximum absolute atomic E-state index is 10.8. The molecule has 1 aromatic heterocycles. The molecule has 2 rings (SSSR count). The number of aliphatic hydroxyl groups is 2. The van der Waals surface area contributed by atoms with Crippen molar-refractivity contribution in [3.63, 3.8) is 0 Å². The van der Waals surface area contributed by atoms with Crippen LogP contribution in [0.1, 0.15) is 24.5 Å². The first-order valence-corrected chi connectivity index (χ1v) is 10.3. The van der Waals surface area contributed by atoms with Gasteiger partial charge < -0.3 is 19.7 Å². The third kappa shape index (κ3) is 2.37. The lowest BCUT2D eigenvalue weighted by Crippen LogP contribution is -2.48. The quantitative estimate of drug-likeness (QED) is 0.817. The van der Waals surface area contributed by atoms with Gasteiger partial charge in [-0.1, -0.05) is 26.6 Å². The second-order valence-corrected chi connectivity index (χ2v) is 11.2. The molecule has 20 heavy (non-hydrogen) atoms. The third-order valence-electron chi connectivity index (χ3n) is 3.85. The van der Waals surface area contributed by atoms with E-state index in [9.17, 15) is 10.2 Å². The molecule has 5 nitrogen and oxygen atoms in total. The second kappa shape index (κ2) is 5.11. The molecule has 1 aromatic rings. The van der Waals surface area contributed by atoms with Gasteiger partial charge in [0.2, 0.25) is 5.88 Å². The SMILES string of the molecule is CCC1(O)c2cc([Si](C)(C)C)nc(OC)c2COC1O. The van der Waals surface area contributed by atoms with Crippen LogP contribution in [0.25, 0.3) is 0 Å². The van der Waals surface area contributed by atoms with Crippen molar-refractivity contribution in [3.05, 3.63) is 17.2 Å². The maximum Gasteiger partial charge on any atom is 0.218 e. The Morgan fingerprint density at radius 3 is 2.65 bits per heavy atom. The normalized spacial score (nSPS) is 26.2. The summed E-state index contributed by atoms with van der Waals surface area (Å²) in [6.45, 7) is 8.56. The number of nitrogens with zero attached hydrogens (tertiary/aromatic N) is 1. The zero-order valence-electron chi connectivity index (χ0n) is 12.7. The van der Waals surface area contributed by atoms with Crippen molar-refractivity contribution < 1.29 is 19.7 Å². The molecule has 0 fully saturated rings. The van der Waals surface area contributed by atoms with E-state index in [0.29, 0.717) is 17.9 Å². The van der Waals surface area contributed by atoms with E-state index >= 15 is 0 Å². The van der Waals surface area contributed by atoms with Crippen molar-refractivity contribution in [3.8, 4) is 5.88 Å². The molecule has 0 saturated heterocycles. The second-order valence-electron chi connectivity index (χ2n) is 6.23. The van der Waals surface area contributed by atoms with E-state index in [0.717, 1.165) is 10.9 Å². The molecule has 6 heteroatoms. The zero-order chi connectivity index (χ0) is 15.1. The Kier molecular flexibility index (Phi) is 3.94. The number of hydrogen-bond donors (Lipinski definition) is 2. The predicted octanol–water partition coefficient (Wildman–Crippen LogP) is 1.08. The summed E-state index contributed by atoms with van der Waals surface area (Å²) in [6, 6.07) is 1.92. The molecule has 0 bridgehead atoms. The Balaban J connectivity index is 2.69. The van der Waals surface area contributed by atoms with E-state index in [-0.39, 0.29) is 6.61 Å². The molecule has 0 amide bonds. The number of ether oxygens (including phenoxy) is 2. The van der Waals surface area contributed by atoms with Gasteiger partial charge in [0, 0.05) is 16.4 Å². The molecule has 2 heterocycles. The Labute approximate surface area is 120 Å². The summed E-state index contributed by atoms with van der Waals surface area (Å²) in [7, 11) is -0.100. The lowest BCUT2D eigenvalue weighted by atomic mass is 9.86. The van der Waals surface area contributed by atoms with Crippen molar-refractivity contribution in [1.29, 1.82) is 0 Å². The minimum absolute atomic E-state index is 0.195. The number of pyridine rings is 1. The topological polar surface area (TPSA) is 71.8 Å². The summed E-state index contributed by atoms with van der Waals surface area (Å²) in [6.07, 6.45) is -0.860. The average molecular weight is 297 g/mol. The van der Waals surface area contributed by atoms with Gasteiger partial charge in [0.15, 0.2) is 6.29 Å². The van der Waals surface area contributed by atoms with Crippen molar-refractivity contribution in [2.75, 3.05) is 7.11 Å². The summed E-state index contributed by atoms with van der Waals surface area (Å²) < 4.78 is 10.6. The Bertz CT molecular complexity index is 515. The minimum Gasteiger partial charge on any atom is -0.481 e. The first kappa shape index (κ1) is 15.4. The van der Waals surface area contributed by atoms with Crippen molar-refractivity contribution in [1.82, 2.24) is 4.98 Å². The fourth-order valence-corrected chi connectivity index (χ4v) is 3.44. The van der Waals surface area contributed by atoms with Crippen LogP contribution in [0, 0.1) is 0 Å². The summed E-state index contributed by atoms with van der Waals surface area (Å²) in [5.74, 6) is 0.485. The monoisotopic (exact) mass is 297 g/mol. The highest BCUT2D eigenvalue weighted by Crippen LogP contribution is 2.39. The molecule has 0 aliphatic carbocycles. The van der Waals surface area contributed by atoms with Crippen LogP contribution < -0.4 is 10.1 Å². The standard InChI is InChI=1S/C14H23NO4Si/c1-6-14(17)10-7-11(20(3,4)5)15-12(18-2)9(10)8-19-13(14)16/h7,13,16-17H,6,8H2,1-5H3. The predicted molar refractivity (Wildman–Crippen MR) is 78.8 cm³/mol. The van der Waals surface area contributed by atoms with Crippen LogP contribution in [-0.4, -0.2) is 36.7 Å². The van der Waals surface area contributed by atoms with E-state index in [1.165, 1.54) is 0 Å². The van der Waals surface area contributed by atoms with Crippen LogP contribution in [0.15, 0.2) is 6.07 Å². The molecular formula is C14H23NO4Si. The molecule has 2 N–H and O–H groups in total. The molecule has 1 aliphatic rings. The van der Waals surface area contributed by atoms with Gasteiger partial charge in [0.05, 0.1) is 13.7 Å². The third-order valence-corrected chi connectivity index (χ3v) is 5.64. The molecule has 0 saturated carbocycles. The lowest BCUT2D eigenvalue weighted by Gasteiger charge is -2.38. The van der Waals surface area contributed by atoms with Crippen LogP contribution >= 0.6 is 0 Å². The first-order valence-electron chi connectivity index (χ1n) is 6.85. The average Bonchev–Trinajstić information content (AvgIpc) is 2.40. The fraction of sp³-hybridized carbons (Fsp3) is 0.643. The maximum atomic E-state index is 10.8. The van der Waals surface area contributed by atoms with Crippen molar-refractivity contribution >= 4 is 13.4 Å². The van der Waals surface area contributed by atoms with E-state index in [2.05, 4.69) is 24.6 Å². The van der Waals surface area contributed by atoms with Crippen molar-refractivity contribution in [2.45, 2.75) is 51.5 Å². The van der Waals surface area contributed by atoms with Crippen molar-refractivity contribution in [2.24, 2.45) is 0 Å². The number of rotatable bonds is 3. The fourth-order valence-electron chi connectivity index (χ4n) is 2.43. The number of hydrogen-bond acceptors (Lipinski definition) is 5. The zero-order valence-corrected chi connectivity index (χ0v) is 13.7. The molecule has 0 radical (unpaired) electrons. The van der Waals surface area contributed by atoms with E-state index in [4.69, 9.17) is 9.47 Å². The first-order chi connectivity index (χ1) is 9.24. The Hall–Kier alpha value is -0.953.